The minimum absolute atomic E-state index is 0. The van der Waals surface area contributed by atoms with Crippen molar-refractivity contribution in [3.05, 3.63) is 129 Å². The Bertz CT molecular complexity index is 2870. The molecule has 22 rings (SSSR count). The fraction of sp³-hybridized carbons (Fsp3) is 0.622. The van der Waals surface area contributed by atoms with Crippen molar-refractivity contribution in [1.29, 1.82) is 0 Å². The van der Waals surface area contributed by atoms with Gasteiger partial charge >= 0.3 is 464 Å². The summed E-state index contributed by atoms with van der Waals surface area (Å²) in [5.41, 5.74) is 20.8. The van der Waals surface area contributed by atoms with Gasteiger partial charge in [-0.05, 0) is 0 Å². The van der Waals surface area contributed by atoms with Crippen LogP contribution in [0.5, 0.6) is 0 Å². The minimum atomic E-state index is -4.05. The van der Waals surface area contributed by atoms with Crippen molar-refractivity contribution in [1.82, 2.24) is 0 Å². The Morgan fingerprint density at radius 3 is 0.987 bits per heavy atom. The maximum absolute atomic E-state index is 4.05. The number of hydrogen-bond acceptors (Lipinski definition) is 0. The molecule has 0 saturated heterocycles. The SMILES string of the molecule is Cl.Cl.[CH3][Zr]([CH3])(=[SiH2])([CH]1C(CC2C3CC4CC(C3)CC2C4)=Cc2c(-c3ccc(C45CC6CC(CC(C6)C4)C5)cc3)cccc21)[CH]1C(CC2C3CC4CC(C3)CC2C4)=Cc2c(-c3ccc(C45CC6CC(CC(C6)C4)C5)cc3)cccc21. The van der Waals surface area contributed by atoms with Gasteiger partial charge in [0.1, 0.15) is 0 Å². The van der Waals surface area contributed by atoms with E-state index in [-0.39, 0.29) is 24.8 Å². The Labute approximate surface area is 485 Å². The second kappa shape index (κ2) is 18.3. The summed E-state index contributed by atoms with van der Waals surface area (Å²) in [7, 11) is 0. The molecule has 4 heteroatoms. The summed E-state index contributed by atoms with van der Waals surface area (Å²) in [6.45, 7) is 2.69. The van der Waals surface area contributed by atoms with Crippen LogP contribution in [0.25, 0.3) is 34.4 Å². The van der Waals surface area contributed by atoms with Crippen molar-refractivity contribution in [2.24, 2.45) is 94.7 Å². The van der Waals surface area contributed by atoms with Gasteiger partial charge in [0.05, 0.1) is 0 Å². The van der Waals surface area contributed by atoms with E-state index < -0.39 is 17.4 Å². The van der Waals surface area contributed by atoms with Gasteiger partial charge in [0.25, 0.3) is 0 Å². The molecule has 0 amide bonds. The summed E-state index contributed by atoms with van der Waals surface area (Å²) in [6, 6.07) is 36.6. The third-order valence-electron chi connectivity index (χ3n) is 27.7. The summed E-state index contributed by atoms with van der Waals surface area (Å²) in [5.74, 6) is 15.7. The molecule has 4 aromatic rings. The summed E-state index contributed by atoms with van der Waals surface area (Å²) >= 11 is -4.05. The van der Waals surface area contributed by atoms with E-state index in [1.54, 1.807) is 46.2 Å². The molecule has 0 N–H and O–H groups in total. The first-order valence-corrected chi connectivity index (χ1v) is 46.5. The van der Waals surface area contributed by atoms with E-state index in [4.69, 9.17) is 0 Å². The van der Waals surface area contributed by atoms with Crippen LogP contribution in [0.2, 0.25) is 9.26 Å². The molecule has 18 aliphatic carbocycles. The first-order valence-electron chi connectivity index (χ1n) is 32.9. The fourth-order valence-electron chi connectivity index (χ4n) is 26.4. The van der Waals surface area contributed by atoms with Crippen molar-refractivity contribution >= 4 is 43.8 Å². The van der Waals surface area contributed by atoms with E-state index >= 15 is 0 Å². The van der Waals surface area contributed by atoms with Crippen LogP contribution in [0.3, 0.4) is 0 Å². The Hall–Kier alpha value is -1.96. The van der Waals surface area contributed by atoms with Gasteiger partial charge in [-0.2, -0.15) is 0 Å². The second-order valence-electron chi connectivity index (χ2n) is 33.0. The summed E-state index contributed by atoms with van der Waals surface area (Å²) in [4.78, 5) is 0. The van der Waals surface area contributed by atoms with Crippen LogP contribution in [0.1, 0.15) is 195 Å². The topological polar surface area (TPSA) is 0 Å². The van der Waals surface area contributed by atoms with Crippen LogP contribution in [0.15, 0.2) is 96.1 Å². The van der Waals surface area contributed by atoms with E-state index in [0.717, 1.165) is 94.7 Å². The molecule has 4 aromatic carbocycles. The van der Waals surface area contributed by atoms with Gasteiger partial charge in [0, 0.05) is 0 Å². The predicted molar refractivity (Wildman–Crippen MR) is 330 cm³/mol. The molecule has 0 nitrogen and oxygen atoms in total. The van der Waals surface area contributed by atoms with Crippen LogP contribution in [-0.2, 0) is 28.2 Å². The number of rotatable bonds is 10. The number of benzene rings is 4. The van der Waals surface area contributed by atoms with Gasteiger partial charge in [0.2, 0.25) is 0 Å². The third kappa shape index (κ3) is 7.87. The number of halogens is 2. The Balaban J connectivity index is 0.00000254. The van der Waals surface area contributed by atoms with Crippen molar-refractivity contribution in [3.8, 4) is 22.3 Å². The molecule has 18 aliphatic rings. The van der Waals surface area contributed by atoms with E-state index in [2.05, 4.69) is 113 Å². The van der Waals surface area contributed by atoms with Gasteiger partial charge in [0.15, 0.2) is 0 Å². The van der Waals surface area contributed by atoms with Crippen molar-refractivity contribution < 1.29 is 17.4 Å². The molecule has 16 saturated carbocycles. The zero-order chi connectivity index (χ0) is 50.1. The molecule has 0 radical (unpaired) electrons. The molecule has 16 fully saturated rings. The summed E-state index contributed by atoms with van der Waals surface area (Å²) in [5, 5.41) is 0. The maximum atomic E-state index is 3.04. The standard InChI is InChI=1S/2C36H41.2CH3.2ClH.H2Si.Zr/c2*1-2-29-12-24(17-34-30-13-22-8-23(15-30)16-31(34)14-22)18-35(29)33(3-1)28-4-6-32(7-5-28)36-19-25-9-26(20-36)11-27(10-25)21-36;;;;;;/h2*1-7,12,18,22-23,25-27,30-31,34H,8-11,13-17,19-21H2;2*1H3;2*1H;1H2;. The van der Waals surface area contributed by atoms with Crippen LogP contribution in [0.4, 0.5) is 0 Å². The molecule has 0 aliphatic heterocycles. The summed E-state index contributed by atoms with van der Waals surface area (Å²) in [6.07, 6.45) is 41.8. The molecular weight excluding hydrogens is 1080 g/mol. The zero-order valence-electron chi connectivity index (χ0n) is 47.6. The zero-order valence-corrected chi connectivity index (χ0v) is 53.1. The first-order chi connectivity index (χ1) is 36.9. The summed E-state index contributed by atoms with van der Waals surface area (Å²) < 4.78 is 7.24. The molecule has 0 spiro atoms. The molecular formula is C74H92Cl2SiZr. The number of fused-ring (bicyclic) bond motifs is 2. The van der Waals surface area contributed by atoms with Crippen molar-refractivity contribution in [2.75, 3.05) is 0 Å². The Morgan fingerprint density at radius 2 is 0.679 bits per heavy atom. The van der Waals surface area contributed by atoms with Crippen LogP contribution < -0.4 is 0 Å². The average Bonchev–Trinajstić information content (AvgIpc) is 3.37. The molecule has 0 heterocycles. The quantitative estimate of drug-likeness (QED) is 0.139. The molecule has 410 valence electrons. The van der Waals surface area contributed by atoms with Crippen LogP contribution >= 0.6 is 24.8 Å². The monoisotopic (exact) mass is 1170 g/mol. The van der Waals surface area contributed by atoms with E-state index in [1.807, 2.05) is 11.1 Å². The van der Waals surface area contributed by atoms with Gasteiger partial charge in [-0.25, -0.2) is 0 Å². The first kappa shape index (κ1) is 51.7. The number of hydrogen-bond donors (Lipinski definition) is 0. The van der Waals surface area contributed by atoms with E-state index in [1.165, 1.54) is 164 Å². The van der Waals surface area contributed by atoms with Gasteiger partial charge < -0.3 is 0 Å². The molecule has 16 bridgehead atoms. The fourth-order valence-corrected chi connectivity index (χ4v) is 46.2. The van der Waals surface area contributed by atoms with Crippen molar-refractivity contribution in [2.45, 2.75) is 181 Å². The molecule has 2 unspecified atom stereocenters. The van der Waals surface area contributed by atoms with Gasteiger partial charge in [-0.15, -0.1) is 24.8 Å². The Kier molecular flexibility index (Phi) is 12.1. The predicted octanol–water partition coefficient (Wildman–Crippen LogP) is 19.6. The number of allylic oxidation sites excluding steroid dienone is 2. The van der Waals surface area contributed by atoms with Gasteiger partial charge in [-0.1, -0.05) is 0 Å². The average molecular weight is 1170 g/mol. The normalized spacial score (nSPS) is 43.1. The molecule has 78 heavy (non-hydrogen) atoms. The van der Waals surface area contributed by atoms with Crippen LogP contribution in [-0.4, -0.2) is 6.88 Å². The van der Waals surface area contributed by atoms with E-state index in [0.29, 0.717) is 18.1 Å². The van der Waals surface area contributed by atoms with Crippen LogP contribution in [0, 0.1) is 94.7 Å². The van der Waals surface area contributed by atoms with Gasteiger partial charge in [-0.3, -0.25) is 0 Å². The Morgan fingerprint density at radius 1 is 0.385 bits per heavy atom. The molecule has 2 atom stereocenters. The van der Waals surface area contributed by atoms with Crippen molar-refractivity contribution in [3.63, 3.8) is 0 Å². The van der Waals surface area contributed by atoms with E-state index in [9.17, 15) is 0 Å². The second-order valence-corrected chi connectivity index (χ2v) is 63.5. The molecule has 0 aromatic heterocycles. The third-order valence-corrected chi connectivity index (χ3v) is 45.2.